The van der Waals surface area contributed by atoms with Crippen LogP contribution < -0.4 is 10.8 Å². The van der Waals surface area contributed by atoms with Crippen molar-refractivity contribution in [2.24, 2.45) is 0 Å². The van der Waals surface area contributed by atoms with Crippen molar-refractivity contribution < 1.29 is 14.5 Å². The smallest absolute Gasteiger partial charge is 0.423 e. The Morgan fingerprint density at radius 3 is 2.95 bits per heavy atom. The minimum Gasteiger partial charge on any atom is -0.423 e. The van der Waals surface area contributed by atoms with Crippen molar-refractivity contribution in [2.75, 3.05) is 5.32 Å². The topological polar surface area (TPSA) is 58.6 Å². The Kier molecular flexibility index (Phi) is 4.80. The van der Waals surface area contributed by atoms with Gasteiger partial charge >= 0.3 is 7.12 Å². The van der Waals surface area contributed by atoms with Crippen molar-refractivity contribution in [3.05, 3.63) is 57.2 Å². The van der Waals surface area contributed by atoms with Crippen molar-refractivity contribution in [1.82, 2.24) is 0 Å². The van der Waals surface area contributed by atoms with E-state index in [0.29, 0.717) is 19.4 Å². The molecule has 0 aromatic heterocycles. The third-order valence-electron chi connectivity index (χ3n) is 3.66. The molecule has 1 aliphatic rings. The highest BCUT2D eigenvalue weighted by molar-refractivity contribution is 14.1. The van der Waals surface area contributed by atoms with Gasteiger partial charge < -0.3 is 15.0 Å². The number of carbonyl (C=O) groups excluding carboxylic acids is 1. The summed E-state index contributed by atoms with van der Waals surface area (Å²) < 4.78 is 6.31. The summed E-state index contributed by atoms with van der Waals surface area (Å²) in [4.78, 5) is 12.1. The summed E-state index contributed by atoms with van der Waals surface area (Å²) in [5.74, 6) is -0.0343. The van der Waals surface area contributed by atoms with Crippen LogP contribution in [0.3, 0.4) is 0 Å². The summed E-state index contributed by atoms with van der Waals surface area (Å²) in [6.45, 7) is 0.430. The molecule has 22 heavy (non-hydrogen) atoms. The fourth-order valence-electron chi connectivity index (χ4n) is 2.62. The molecule has 2 aromatic carbocycles. The van der Waals surface area contributed by atoms with Crippen LogP contribution in [-0.2, 0) is 22.5 Å². The average Bonchev–Trinajstić information content (AvgIpc) is 2.87. The number of carbonyl (C=O) groups is 1. The van der Waals surface area contributed by atoms with Crippen LogP contribution in [0.25, 0.3) is 0 Å². The molecule has 2 aromatic rings. The first-order valence-corrected chi connectivity index (χ1v) is 8.17. The summed E-state index contributed by atoms with van der Waals surface area (Å²) >= 11 is 2.21. The van der Waals surface area contributed by atoms with Gasteiger partial charge in [0.1, 0.15) is 0 Å². The first-order chi connectivity index (χ1) is 10.6. The van der Waals surface area contributed by atoms with Crippen LogP contribution in [0.2, 0.25) is 0 Å². The zero-order chi connectivity index (χ0) is 15.5. The first kappa shape index (κ1) is 15.5. The number of nitrogens with one attached hydrogen (secondary N) is 1. The number of fused-ring (bicyclic) bond motifs is 1. The summed E-state index contributed by atoms with van der Waals surface area (Å²) in [5.41, 5.74) is 3.60. The second kappa shape index (κ2) is 6.81. The van der Waals surface area contributed by atoms with E-state index >= 15 is 0 Å². The molecule has 2 N–H and O–H groups in total. The predicted molar refractivity (Wildman–Crippen MR) is 94.9 cm³/mol. The molecule has 0 radical (unpaired) electrons. The fraction of sp³-hybridized carbons (Fsp3) is 0.188. The monoisotopic (exact) mass is 407 g/mol. The highest BCUT2D eigenvalue weighted by Crippen LogP contribution is 2.15. The number of amides is 1. The molecule has 0 atom stereocenters. The lowest BCUT2D eigenvalue weighted by atomic mass is 9.75. The van der Waals surface area contributed by atoms with Gasteiger partial charge in [-0.3, -0.25) is 4.79 Å². The van der Waals surface area contributed by atoms with E-state index < -0.39 is 7.12 Å². The second-order valence-electron chi connectivity index (χ2n) is 5.21. The van der Waals surface area contributed by atoms with Crippen LogP contribution in [0.1, 0.15) is 17.5 Å². The van der Waals surface area contributed by atoms with Gasteiger partial charge in [-0.05, 0) is 63.8 Å². The molecule has 1 aliphatic heterocycles. The van der Waals surface area contributed by atoms with E-state index in [4.69, 9.17) is 4.65 Å². The van der Waals surface area contributed by atoms with Gasteiger partial charge in [0.25, 0.3) is 0 Å². The molecule has 1 heterocycles. The Balaban J connectivity index is 1.64. The van der Waals surface area contributed by atoms with Gasteiger partial charge in [0, 0.05) is 15.7 Å². The molecule has 0 saturated heterocycles. The molecule has 0 spiro atoms. The van der Waals surface area contributed by atoms with Crippen LogP contribution in [0.4, 0.5) is 5.69 Å². The minimum atomic E-state index is -0.870. The SMILES string of the molecule is O=C(CCc1cccc2c1B(O)OC2)Nc1cccc(I)c1. The number of rotatable bonds is 4. The van der Waals surface area contributed by atoms with E-state index in [0.717, 1.165) is 25.8 Å². The number of halogens is 1. The van der Waals surface area contributed by atoms with E-state index in [2.05, 4.69) is 27.9 Å². The zero-order valence-electron chi connectivity index (χ0n) is 11.9. The highest BCUT2D eigenvalue weighted by atomic mass is 127. The van der Waals surface area contributed by atoms with Crippen LogP contribution in [0.5, 0.6) is 0 Å². The molecule has 6 heteroatoms. The van der Waals surface area contributed by atoms with Gasteiger partial charge in [-0.25, -0.2) is 0 Å². The molecular weight excluding hydrogens is 392 g/mol. The van der Waals surface area contributed by atoms with Crippen molar-refractivity contribution in [2.45, 2.75) is 19.4 Å². The lowest BCUT2D eigenvalue weighted by Gasteiger charge is -2.09. The van der Waals surface area contributed by atoms with Gasteiger partial charge in [-0.1, -0.05) is 24.3 Å². The quantitative estimate of drug-likeness (QED) is 0.603. The third kappa shape index (κ3) is 3.51. The number of anilines is 1. The Bertz CT molecular complexity index is 708. The summed E-state index contributed by atoms with van der Waals surface area (Å²) in [6, 6.07) is 13.5. The maximum atomic E-state index is 12.1. The Hall–Kier alpha value is -1.38. The van der Waals surface area contributed by atoms with E-state index in [1.165, 1.54) is 0 Å². The van der Waals surface area contributed by atoms with Gasteiger partial charge in [-0.2, -0.15) is 0 Å². The maximum absolute atomic E-state index is 12.1. The average molecular weight is 407 g/mol. The largest absolute Gasteiger partial charge is 0.492 e. The van der Waals surface area contributed by atoms with Crippen molar-refractivity contribution >= 4 is 46.8 Å². The number of hydrogen-bond donors (Lipinski definition) is 2. The maximum Gasteiger partial charge on any atom is 0.492 e. The molecule has 0 aliphatic carbocycles. The van der Waals surface area contributed by atoms with E-state index in [-0.39, 0.29) is 5.91 Å². The highest BCUT2D eigenvalue weighted by Gasteiger charge is 2.29. The Morgan fingerprint density at radius 2 is 2.14 bits per heavy atom. The second-order valence-corrected chi connectivity index (χ2v) is 6.46. The lowest BCUT2D eigenvalue weighted by Crippen LogP contribution is -2.31. The van der Waals surface area contributed by atoms with Crippen LogP contribution >= 0.6 is 22.6 Å². The normalized spacial score (nSPS) is 13.1. The van der Waals surface area contributed by atoms with E-state index in [1.54, 1.807) is 0 Å². The van der Waals surface area contributed by atoms with Crippen molar-refractivity contribution in [3.8, 4) is 0 Å². The molecule has 4 nitrogen and oxygen atoms in total. The Labute approximate surface area is 143 Å². The van der Waals surface area contributed by atoms with Crippen molar-refractivity contribution in [1.29, 1.82) is 0 Å². The van der Waals surface area contributed by atoms with E-state index in [1.807, 2.05) is 42.5 Å². The zero-order valence-corrected chi connectivity index (χ0v) is 14.0. The third-order valence-corrected chi connectivity index (χ3v) is 4.33. The van der Waals surface area contributed by atoms with Crippen LogP contribution in [0, 0.1) is 3.57 Å². The molecule has 1 amide bonds. The fourth-order valence-corrected chi connectivity index (χ4v) is 3.16. The lowest BCUT2D eigenvalue weighted by molar-refractivity contribution is -0.116. The van der Waals surface area contributed by atoms with Crippen molar-refractivity contribution in [3.63, 3.8) is 0 Å². The molecule has 0 unspecified atom stereocenters. The first-order valence-electron chi connectivity index (χ1n) is 7.09. The number of aryl methyl sites for hydroxylation is 1. The molecule has 0 saturated carbocycles. The van der Waals surface area contributed by atoms with Crippen LogP contribution in [-0.4, -0.2) is 18.0 Å². The van der Waals surface area contributed by atoms with E-state index in [9.17, 15) is 9.82 Å². The molecule has 0 bridgehead atoms. The molecule has 0 fully saturated rings. The standard InChI is InChI=1S/C16H15BINO3/c18-13-5-2-6-14(9-13)19-15(20)8-7-11-3-1-4-12-10-22-17(21)16(11)12/h1-6,9,21H,7-8,10H2,(H,19,20). The molecule has 112 valence electrons. The predicted octanol–water partition coefficient (Wildman–Crippen LogP) is 2.08. The molecular formula is C16H15BINO3. The summed E-state index contributed by atoms with van der Waals surface area (Å²) in [7, 11) is -0.870. The summed E-state index contributed by atoms with van der Waals surface area (Å²) in [5, 5.41) is 12.8. The Morgan fingerprint density at radius 1 is 1.32 bits per heavy atom. The van der Waals surface area contributed by atoms with Gasteiger partial charge in [-0.15, -0.1) is 0 Å². The van der Waals surface area contributed by atoms with Gasteiger partial charge in [0.2, 0.25) is 5.91 Å². The van der Waals surface area contributed by atoms with Gasteiger partial charge in [0.15, 0.2) is 0 Å². The number of hydrogen-bond acceptors (Lipinski definition) is 3. The molecule has 3 rings (SSSR count). The number of benzene rings is 2. The minimum absolute atomic E-state index is 0.0343. The van der Waals surface area contributed by atoms with Gasteiger partial charge in [0.05, 0.1) is 6.61 Å². The van der Waals surface area contributed by atoms with Crippen LogP contribution in [0.15, 0.2) is 42.5 Å². The summed E-state index contributed by atoms with van der Waals surface area (Å²) in [6.07, 6.45) is 0.952.